The van der Waals surface area contributed by atoms with Gasteiger partial charge in [0.05, 0.1) is 5.69 Å². The molecule has 1 aromatic carbocycles. The van der Waals surface area contributed by atoms with E-state index < -0.39 is 0 Å². The second kappa shape index (κ2) is 6.83. The number of pyridine rings is 1. The van der Waals surface area contributed by atoms with Crippen molar-refractivity contribution in [3.05, 3.63) is 65.5 Å². The summed E-state index contributed by atoms with van der Waals surface area (Å²) in [6, 6.07) is 15.2. The topological polar surface area (TPSA) is 28.2 Å². The molecule has 1 saturated heterocycles. The van der Waals surface area contributed by atoms with Crippen LogP contribution in [0.5, 0.6) is 0 Å². The second-order valence-electron chi connectivity index (χ2n) is 5.82. The summed E-state index contributed by atoms with van der Waals surface area (Å²) in [4.78, 5) is 7.09. The lowest BCUT2D eigenvalue weighted by atomic mass is 9.99. The molecule has 3 nitrogen and oxygen atoms in total. The molecule has 1 atom stereocenters. The van der Waals surface area contributed by atoms with Crippen LogP contribution in [-0.2, 0) is 13.1 Å². The van der Waals surface area contributed by atoms with Gasteiger partial charge in [-0.3, -0.25) is 9.88 Å². The van der Waals surface area contributed by atoms with Crippen molar-refractivity contribution < 1.29 is 0 Å². The fourth-order valence-corrected chi connectivity index (χ4v) is 3.06. The Hall–Kier alpha value is -1.71. The van der Waals surface area contributed by atoms with Crippen molar-refractivity contribution in [2.45, 2.75) is 25.4 Å². The highest BCUT2D eigenvalue weighted by atomic mass is 15.1. The van der Waals surface area contributed by atoms with E-state index >= 15 is 0 Å². The van der Waals surface area contributed by atoms with Gasteiger partial charge in [0, 0.05) is 25.8 Å². The highest BCUT2D eigenvalue weighted by Gasteiger charge is 2.23. The Balaban J connectivity index is 1.57. The Labute approximate surface area is 127 Å². The lowest BCUT2D eigenvalue weighted by molar-refractivity contribution is 0.322. The summed E-state index contributed by atoms with van der Waals surface area (Å²) in [5.74, 6) is 0.676. The molecule has 1 aliphatic heterocycles. The molecule has 0 saturated carbocycles. The fourth-order valence-electron chi connectivity index (χ4n) is 3.06. The first-order valence-electron chi connectivity index (χ1n) is 7.71. The highest BCUT2D eigenvalue weighted by molar-refractivity contribution is 5.21. The number of rotatable bonds is 5. The van der Waals surface area contributed by atoms with Crippen LogP contribution in [0.2, 0.25) is 0 Å². The van der Waals surface area contributed by atoms with E-state index in [2.05, 4.69) is 57.7 Å². The molecule has 1 N–H and O–H groups in total. The third-order valence-electron chi connectivity index (χ3n) is 4.20. The Morgan fingerprint density at radius 3 is 2.76 bits per heavy atom. The van der Waals surface area contributed by atoms with Gasteiger partial charge in [-0.25, -0.2) is 0 Å². The van der Waals surface area contributed by atoms with Crippen molar-refractivity contribution in [2.75, 3.05) is 20.1 Å². The molecular weight excluding hydrogens is 258 g/mol. The number of nitrogens with one attached hydrogen (secondary N) is 1. The number of benzene rings is 1. The number of aromatic nitrogens is 1. The van der Waals surface area contributed by atoms with Crippen LogP contribution >= 0.6 is 0 Å². The summed E-state index contributed by atoms with van der Waals surface area (Å²) < 4.78 is 0. The van der Waals surface area contributed by atoms with Crippen molar-refractivity contribution in [2.24, 2.45) is 0 Å². The zero-order valence-corrected chi connectivity index (χ0v) is 12.6. The van der Waals surface area contributed by atoms with Crippen LogP contribution in [0.25, 0.3) is 0 Å². The van der Waals surface area contributed by atoms with Gasteiger partial charge < -0.3 is 5.32 Å². The Morgan fingerprint density at radius 1 is 1.19 bits per heavy atom. The summed E-state index contributed by atoms with van der Waals surface area (Å²) in [6.45, 7) is 4.15. The van der Waals surface area contributed by atoms with Gasteiger partial charge in [0.2, 0.25) is 0 Å². The predicted octanol–water partition coefficient (Wildman–Crippen LogP) is 2.79. The lowest BCUT2D eigenvalue weighted by Crippen LogP contribution is -2.20. The molecule has 2 heterocycles. The minimum absolute atomic E-state index is 0.676. The molecule has 0 radical (unpaired) electrons. The third kappa shape index (κ3) is 3.69. The average molecular weight is 281 g/mol. The van der Waals surface area contributed by atoms with E-state index in [9.17, 15) is 0 Å². The first kappa shape index (κ1) is 14.2. The lowest BCUT2D eigenvalue weighted by Gasteiger charge is -2.16. The maximum absolute atomic E-state index is 4.58. The molecule has 0 spiro atoms. The predicted molar refractivity (Wildman–Crippen MR) is 86.1 cm³/mol. The fraction of sp³-hybridized carbons (Fsp3) is 0.389. The van der Waals surface area contributed by atoms with Gasteiger partial charge in [-0.1, -0.05) is 36.4 Å². The first-order chi connectivity index (χ1) is 10.3. The monoisotopic (exact) mass is 281 g/mol. The van der Waals surface area contributed by atoms with Crippen LogP contribution in [0.1, 0.15) is 29.2 Å². The third-order valence-corrected chi connectivity index (χ3v) is 4.20. The van der Waals surface area contributed by atoms with E-state index in [-0.39, 0.29) is 0 Å². The molecule has 2 aromatic rings. The zero-order valence-electron chi connectivity index (χ0n) is 12.6. The van der Waals surface area contributed by atoms with Gasteiger partial charge >= 0.3 is 0 Å². The standard InChI is InChI=1S/C18H23N3/c1-19-11-15-7-8-18(20-12-15)14-21-10-9-17(13-21)16-5-3-2-4-6-16/h2-8,12,17,19H,9-11,13-14H2,1H3. The molecule has 1 unspecified atom stereocenters. The van der Waals surface area contributed by atoms with E-state index in [4.69, 9.17) is 0 Å². The Morgan fingerprint density at radius 2 is 2.05 bits per heavy atom. The van der Waals surface area contributed by atoms with Crippen LogP contribution in [0.4, 0.5) is 0 Å². The highest BCUT2D eigenvalue weighted by Crippen LogP contribution is 2.27. The van der Waals surface area contributed by atoms with Gasteiger partial charge in [-0.05, 0) is 43.1 Å². The van der Waals surface area contributed by atoms with Gasteiger partial charge in [0.15, 0.2) is 0 Å². The minimum Gasteiger partial charge on any atom is -0.316 e. The minimum atomic E-state index is 0.676. The SMILES string of the molecule is CNCc1ccc(CN2CCC(c3ccccc3)C2)nc1. The van der Waals surface area contributed by atoms with Gasteiger partial charge in [-0.2, -0.15) is 0 Å². The summed E-state index contributed by atoms with van der Waals surface area (Å²) in [7, 11) is 1.96. The molecule has 3 rings (SSSR count). The molecule has 0 aliphatic carbocycles. The Bertz CT molecular complexity index is 550. The summed E-state index contributed by atoms with van der Waals surface area (Å²) in [6.07, 6.45) is 3.23. The molecule has 1 aromatic heterocycles. The van der Waals surface area contributed by atoms with Crippen molar-refractivity contribution >= 4 is 0 Å². The van der Waals surface area contributed by atoms with Gasteiger partial charge in [-0.15, -0.1) is 0 Å². The summed E-state index contributed by atoms with van der Waals surface area (Å²) in [5, 5.41) is 3.15. The van der Waals surface area contributed by atoms with Crippen LogP contribution in [-0.4, -0.2) is 30.0 Å². The zero-order chi connectivity index (χ0) is 14.5. The quantitative estimate of drug-likeness (QED) is 0.913. The van der Waals surface area contributed by atoms with Crippen molar-refractivity contribution in [3.63, 3.8) is 0 Å². The number of likely N-dealkylation sites (tertiary alicyclic amines) is 1. The molecule has 3 heteroatoms. The van der Waals surface area contributed by atoms with E-state index in [1.807, 2.05) is 13.2 Å². The molecule has 0 amide bonds. The van der Waals surface area contributed by atoms with Crippen LogP contribution in [0.3, 0.4) is 0 Å². The van der Waals surface area contributed by atoms with Crippen LogP contribution in [0, 0.1) is 0 Å². The maximum Gasteiger partial charge on any atom is 0.0544 e. The van der Waals surface area contributed by atoms with Crippen LogP contribution < -0.4 is 5.32 Å². The molecule has 1 aliphatic rings. The van der Waals surface area contributed by atoms with E-state index in [1.165, 1.54) is 29.8 Å². The van der Waals surface area contributed by atoms with E-state index in [0.717, 1.165) is 19.6 Å². The number of hydrogen-bond donors (Lipinski definition) is 1. The normalized spacial score (nSPS) is 19.0. The smallest absolute Gasteiger partial charge is 0.0544 e. The summed E-state index contributed by atoms with van der Waals surface area (Å²) in [5.41, 5.74) is 3.88. The first-order valence-corrected chi connectivity index (χ1v) is 7.71. The van der Waals surface area contributed by atoms with E-state index in [1.54, 1.807) is 0 Å². The molecule has 0 bridgehead atoms. The van der Waals surface area contributed by atoms with Crippen LogP contribution in [0.15, 0.2) is 48.7 Å². The maximum atomic E-state index is 4.58. The Kier molecular flexibility index (Phi) is 4.63. The van der Waals surface area contributed by atoms with E-state index in [0.29, 0.717) is 5.92 Å². The molecule has 110 valence electrons. The van der Waals surface area contributed by atoms with Gasteiger partial charge in [0.25, 0.3) is 0 Å². The largest absolute Gasteiger partial charge is 0.316 e. The number of hydrogen-bond acceptors (Lipinski definition) is 3. The molecular formula is C18H23N3. The number of nitrogens with zero attached hydrogens (tertiary/aromatic N) is 2. The van der Waals surface area contributed by atoms with Crippen molar-refractivity contribution in [3.8, 4) is 0 Å². The molecule has 21 heavy (non-hydrogen) atoms. The van der Waals surface area contributed by atoms with Crippen molar-refractivity contribution in [1.29, 1.82) is 0 Å². The second-order valence-corrected chi connectivity index (χ2v) is 5.82. The average Bonchev–Trinajstić information content (AvgIpc) is 2.99. The summed E-state index contributed by atoms with van der Waals surface area (Å²) >= 11 is 0. The van der Waals surface area contributed by atoms with Gasteiger partial charge in [0.1, 0.15) is 0 Å². The van der Waals surface area contributed by atoms with Crippen molar-refractivity contribution in [1.82, 2.24) is 15.2 Å². The molecule has 1 fully saturated rings.